The van der Waals surface area contributed by atoms with Crippen molar-refractivity contribution in [3.8, 4) is 11.8 Å². The van der Waals surface area contributed by atoms with Gasteiger partial charge in [0.05, 0.1) is 6.61 Å². The molecule has 0 aliphatic carbocycles. The summed E-state index contributed by atoms with van der Waals surface area (Å²) in [6.07, 6.45) is 10.7. The topological polar surface area (TPSA) is 102 Å². The fourth-order valence-corrected chi connectivity index (χ4v) is 4.03. The second-order valence-electron chi connectivity index (χ2n) is 6.96. The van der Waals surface area contributed by atoms with E-state index in [1.54, 1.807) is 0 Å². The average Bonchev–Trinajstić information content (AvgIpc) is 2.54. The van der Waals surface area contributed by atoms with E-state index >= 15 is 0 Å². The normalized spacial score (nSPS) is 16.4. The van der Waals surface area contributed by atoms with Gasteiger partial charge in [-0.2, -0.15) is 0 Å². The minimum absolute atomic E-state index is 0.138. The van der Waals surface area contributed by atoms with Gasteiger partial charge < -0.3 is 14.5 Å². The van der Waals surface area contributed by atoms with Gasteiger partial charge in [0.1, 0.15) is 13.2 Å². The van der Waals surface area contributed by atoms with Crippen LogP contribution < -0.4 is 0 Å². The fraction of sp³-hybridized carbons (Fsp3) is 0.600. The average molecular weight is 448 g/mol. The zero-order valence-corrected chi connectivity index (χ0v) is 19.8. The molecule has 0 saturated heterocycles. The number of hydrogen-bond acceptors (Lipinski definition) is 5. The van der Waals surface area contributed by atoms with E-state index in [-0.39, 0.29) is 6.61 Å². The maximum absolute atomic E-state index is 11.3. The number of phosphoric acid groups is 1. The lowest BCUT2D eigenvalue weighted by atomic mass is 10.1. The molecule has 0 aromatic carbocycles. The highest BCUT2D eigenvalue weighted by Gasteiger charge is 2.29. The molecule has 0 aliphatic heterocycles. The predicted octanol–water partition coefficient (Wildman–Crippen LogP) is 5.37. The van der Waals surface area contributed by atoms with Crippen LogP contribution in [-0.2, 0) is 22.7 Å². The van der Waals surface area contributed by atoms with Crippen LogP contribution in [0.1, 0.15) is 53.4 Å². The van der Waals surface area contributed by atoms with Crippen molar-refractivity contribution in [2.75, 3.05) is 26.5 Å². The standard InChI is InChI=1S/C20H34O7P2/c1-18(2)10-8-11-19(3)12-9-13-20(4)14-17-25-15-6-7-16-26-29(23,24)27-28(5,21)22/h10,12,14H,8-9,11,13,15-17H2,1-5H3,(H,21,22)(H,23,24)/b19-12+,20-14+. The quantitative estimate of drug-likeness (QED) is 0.169. The summed E-state index contributed by atoms with van der Waals surface area (Å²) >= 11 is 0. The van der Waals surface area contributed by atoms with E-state index in [9.17, 15) is 14.0 Å². The maximum atomic E-state index is 11.3. The van der Waals surface area contributed by atoms with E-state index in [0.29, 0.717) is 6.61 Å². The van der Waals surface area contributed by atoms with Gasteiger partial charge >= 0.3 is 15.4 Å². The first-order valence-electron chi connectivity index (χ1n) is 9.38. The molecule has 0 radical (unpaired) electrons. The van der Waals surface area contributed by atoms with Gasteiger partial charge in [-0.25, -0.2) is 8.88 Å². The Morgan fingerprint density at radius 3 is 2.03 bits per heavy atom. The highest BCUT2D eigenvalue weighted by molar-refractivity contribution is 7.63. The van der Waals surface area contributed by atoms with Gasteiger partial charge in [0.25, 0.3) is 0 Å². The van der Waals surface area contributed by atoms with Gasteiger partial charge in [0.15, 0.2) is 0 Å². The molecule has 9 heteroatoms. The van der Waals surface area contributed by atoms with Crippen LogP contribution in [-0.4, -0.2) is 36.3 Å². The molecule has 2 atom stereocenters. The molecule has 166 valence electrons. The number of allylic oxidation sites excluding steroid dienone is 5. The van der Waals surface area contributed by atoms with Crippen LogP contribution in [0.2, 0.25) is 0 Å². The Bertz CT molecular complexity index is 732. The summed E-state index contributed by atoms with van der Waals surface area (Å²) < 4.78 is 36.1. The van der Waals surface area contributed by atoms with Gasteiger partial charge in [0.2, 0.25) is 0 Å². The SMILES string of the molecule is CC(C)=CCC/C(C)=C/CC/C(C)=C/COCC#CCOP(=O)(O)OP(C)(=O)O. The smallest absolute Gasteiger partial charge is 0.365 e. The molecule has 0 aromatic heterocycles. The monoisotopic (exact) mass is 448 g/mol. The van der Waals surface area contributed by atoms with E-state index in [4.69, 9.17) is 9.63 Å². The van der Waals surface area contributed by atoms with Crippen LogP contribution in [0.15, 0.2) is 34.9 Å². The lowest BCUT2D eigenvalue weighted by Gasteiger charge is -2.11. The molecule has 2 N–H and O–H groups in total. The molecule has 7 nitrogen and oxygen atoms in total. The first-order valence-corrected chi connectivity index (χ1v) is 12.9. The summed E-state index contributed by atoms with van der Waals surface area (Å²) in [5.74, 6) is 5.09. The van der Waals surface area contributed by atoms with Gasteiger partial charge in [-0.05, 0) is 53.4 Å². The Morgan fingerprint density at radius 1 is 0.897 bits per heavy atom. The van der Waals surface area contributed by atoms with Crippen LogP contribution in [0.25, 0.3) is 0 Å². The third kappa shape index (κ3) is 20.1. The minimum atomic E-state index is -4.59. The molecule has 0 aromatic rings. The summed E-state index contributed by atoms with van der Waals surface area (Å²) in [4.78, 5) is 18.1. The lowest BCUT2D eigenvalue weighted by molar-refractivity contribution is 0.197. The Labute approximate surface area is 175 Å². The molecule has 2 unspecified atom stereocenters. The molecular weight excluding hydrogens is 414 g/mol. The second kappa shape index (κ2) is 14.9. The van der Waals surface area contributed by atoms with Crippen molar-refractivity contribution in [3.05, 3.63) is 34.9 Å². The maximum Gasteiger partial charge on any atom is 0.480 e. The van der Waals surface area contributed by atoms with Crippen molar-refractivity contribution in [2.24, 2.45) is 0 Å². The Morgan fingerprint density at radius 2 is 1.45 bits per heavy atom. The minimum Gasteiger partial charge on any atom is -0.365 e. The van der Waals surface area contributed by atoms with Crippen molar-refractivity contribution in [2.45, 2.75) is 53.4 Å². The van der Waals surface area contributed by atoms with Crippen LogP contribution in [0.3, 0.4) is 0 Å². The number of rotatable bonds is 13. The lowest BCUT2D eigenvalue weighted by Crippen LogP contribution is -1.95. The summed E-state index contributed by atoms with van der Waals surface area (Å²) in [6.45, 7) is 9.39. The Balaban J connectivity index is 3.98. The van der Waals surface area contributed by atoms with E-state index in [1.165, 1.54) is 16.7 Å². The van der Waals surface area contributed by atoms with Crippen molar-refractivity contribution >= 4 is 15.4 Å². The van der Waals surface area contributed by atoms with Gasteiger partial charge in [-0.15, -0.1) is 0 Å². The highest BCUT2D eigenvalue weighted by Crippen LogP contribution is 2.57. The molecule has 0 amide bonds. The summed E-state index contributed by atoms with van der Waals surface area (Å²) in [5, 5.41) is 0. The molecule has 29 heavy (non-hydrogen) atoms. The van der Waals surface area contributed by atoms with E-state index in [0.717, 1.165) is 32.3 Å². The van der Waals surface area contributed by atoms with Crippen LogP contribution in [0, 0.1) is 11.8 Å². The van der Waals surface area contributed by atoms with E-state index in [1.807, 2.05) is 6.08 Å². The molecule has 0 fully saturated rings. The highest BCUT2D eigenvalue weighted by atomic mass is 31.3. The molecule has 0 saturated carbocycles. The fourth-order valence-electron chi connectivity index (χ4n) is 2.08. The zero-order valence-electron chi connectivity index (χ0n) is 18.0. The van der Waals surface area contributed by atoms with Gasteiger partial charge in [-0.3, -0.25) is 9.09 Å². The summed E-state index contributed by atoms with van der Waals surface area (Å²) in [5.41, 5.74) is 3.99. The van der Waals surface area contributed by atoms with Crippen molar-refractivity contribution in [3.63, 3.8) is 0 Å². The Hall–Kier alpha value is -0.960. The first kappa shape index (κ1) is 28.0. The molecule has 0 heterocycles. The third-order valence-corrected chi connectivity index (χ3v) is 6.02. The first-order chi connectivity index (χ1) is 13.4. The van der Waals surface area contributed by atoms with Crippen LogP contribution in [0.4, 0.5) is 0 Å². The van der Waals surface area contributed by atoms with Gasteiger partial charge in [0, 0.05) is 6.66 Å². The predicted molar refractivity (Wildman–Crippen MR) is 117 cm³/mol. The molecule has 0 aliphatic rings. The summed E-state index contributed by atoms with van der Waals surface area (Å²) in [6, 6.07) is 0. The van der Waals surface area contributed by atoms with Gasteiger partial charge in [-0.1, -0.05) is 46.8 Å². The molecule has 0 spiro atoms. The molecular formula is C20H34O7P2. The van der Waals surface area contributed by atoms with E-state index in [2.05, 4.69) is 60.5 Å². The zero-order chi connectivity index (χ0) is 22.3. The number of phosphoric ester groups is 1. The molecule has 0 rings (SSSR count). The van der Waals surface area contributed by atoms with Crippen LogP contribution >= 0.6 is 15.4 Å². The van der Waals surface area contributed by atoms with Crippen LogP contribution in [0.5, 0.6) is 0 Å². The largest absolute Gasteiger partial charge is 0.480 e. The van der Waals surface area contributed by atoms with Crippen molar-refractivity contribution < 1.29 is 32.5 Å². The number of ether oxygens (including phenoxy) is 1. The van der Waals surface area contributed by atoms with Crippen molar-refractivity contribution in [1.82, 2.24) is 0 Å². The van der Waals surface area contributed by atoms with Crippen molar-refractivity contribution in [1.29, 1.82) is 0 Å². The third-order valence-electron chi connectivity index (χ3n) is 3.53. The second-order valence-corrected chi connectivity index (χ2v) is 10.4. The molecule has 0 bridgehead atoms. The number of hydrogen-bond donors (Lipinski definition) is 2. The summed E-state index contributed by atoms with van der Waals surface area (Å²) in [7, 11) is -8.70. The Kier molecular flexibility index (Phi) is 14.4. The van der Waals surface area contributed by atoms with E-state index < -0.39 is 22.0 Å².